The summed E-state index contributed by atoms with van der Waals surface area (Å²) >= 11 is 0. The molecule has 1 rings (SSSR count). The first-order chi connectivity index (χ1) is 8.37. The molecule has 2 N–H and O–H groups in total. The maximum atomic E-state index is 6.14. The van der Waals surface area contributed by atoms with Crippen molar-refractivity contribution in [2.75, 3.05) is 19.6 Å². The van der Waals surface area contributed by atoms with Gasteiger partial charge in [-0.2, -0.15) is 0 Å². The van der Waals surface area contributed by atoms with Crippen molar-refractivity contribution in [2.24, 2.45) is 23.5 Å². The van der Waals surface area contributed by atoms with E-state index in [2.05, 4.69) is 39.5 Å². The number of rotatable bonds is 8. The molecule has 0 aromatic carbocycles. The Morgan fingerprint density at radius 2 is 1.61 bits per heavy atom. The molecule has 0 radical (unpaired) electrons. The highest BCUT2D eigenvalue weighted by atomic mass is 15.2. The summed E-state index contributed by atoms with van der Waals surface area (Å²) in [7, 11) is 0. The van der Waals surface area contributed by atoms with E-state index in [1.54, 1.807) is 0 Å². The molecule has 1 aliphatic rings. The van der Waals surface area contributed by atoms with Gasteiger partial charge in [-0.25, -0.2) is 0 Å². The van der Waals surface area contributed by atoms with Crippen molar-refractivity contribution in [1.29, 1.82) is 0 Å². The molecule has 1 unspecified atom stereocenters. The number of nitrogens with zero attached hydrogens (tertiary/aromatic N) is 1. The Balaban J connectivity index is 2.68. The molecule has 0 heterocycles. The van der Waals surface area contributed by atoms with Crippen LogP contribution in [0, 0.1) is 17.8 Å². The molecule has 0 amide bonds. The first-order valence-corrected chi connectivity index (χ1v) is 7.82. The minimum Gasteiger partial charge on any atom is -0.329 e. The molecule has 0 bridgehead atoms. The van der Waals surface area contributed by atoms with Crippen LogP contribution in [0.15, 0.2) is 0 Å². The third-order valence-electron chi connectivity index (χ3n) is 4.33. The number of hydrogen-bond acceptors (Lipinski definition) is 2. The fourth-order valence-corrected chi connectivity index (χ4v) is 3.06. The predicted molar refractivity (Wildman–Crippen MR) is 80.7 cm³/mol. The standard InChI is InChI=1S/C16H34N2/c1-13(2)10-18(11-14(3)4)16(5,12-17)9-15-7-6-8-15/h13-15H,6-12,17H2,1-5H3. The third-order valence-corrected chi connectivity index (χ3v) is 4.33. The van der Waals surface area contributed by atoms with E-state index in [-0.39, 0.29) is 5.54 Å². The number of hydrogen-bond donors (Lipinski definition) is 1. The van der Waals surface area contributed by atoms with Crippen LogP contribution in [-0.2, 0) is 0 Å². The zero-order chi connectivity index (χ0) is 13.8. The molecule has 1 fully saturated rings. The van der Waals surface area contributed by atoms with Crippen molar-refractivity contribution >= 4 is 0 Å². The molecule has 2 nitrogen and oxygen atoms in total. The lowest BCUT2D eigenvalue weighted by atomic mass is 9.75. The Labute approximate surface area is 114 Å². The molecule has 1 atom stereocenters. The molecule has 2 heteroatoms. The Morgan fingerprint density at radius 3 is 1.89 bits per heavy atom. The topological polar surface area (TPSA) is 29.3 Å². The van der Waals surface area contributed by atoms with Gasteiger partial charge in [0.2, 0.25) is 0 Å². The van der Waals surface area contributed by atoms with Crippen molar-refractivity contribution in [3.05, 3.63) is 0 Å². The molecule has 108 valence electrons. The van der Waals surface area contributed by atoms with E-state index in [0.29, 0.717) is 0 Å². The van der Waals surface area contributed by atoms with Crippen molar-refractivity contribution in [3.63, 3.8) is 0 Å². The van der Waals surface area contributed by atoms with Gasteiger partial charge < -0.3 is 5.73 Å². The van der Waals surface area contributed by atoms with Crippen LogP contribution in [0.2, 0.25) is 0 Å². The summed E-state index contributed by atoms with van der Waals surface area (Å²) in [6.45, 7) is 14.8. The lowest BCUT2D eigenvalue weighted by Gasteiger charge is -2.46. The zero-order valence-electron chi connectivity index (χ0n) is 13.2. The minimum absolute atomic E-state index is 0.208. The first kappa shape index (κ1) is 16.0. The van der Waals surface area contributed by atoms with Crippen LogP contribution >= 0.6 is 0 Å². The molecule has 0 aliphatic heterocycles. The molecular formula is C16H34N2. The van der Waals surface area contributed by atoms with E-state index in [1.165, 1.54) is 38.8 Å². The second-order valence-corrected chi connectivity index (χ2v) is 7.39. The monoisotopic (exact) mass is 254 g/mol. The average Bonchev–Trinajstić information content (AvgIpc) is 2.21. The van der Waals surface area contributed by atoms with Crippen LogP contribution in [0.25, 0.3) is 0 Å². The smallest absolute Gasteiger partial charge is 0.0306 e. The Kier molecular flexibility index (Phi) is 6.13. The van der Waals surface area contributed by atoms with Crippen molar-refractivity contribution < 1.29 is 0 Å². The molecular weight excluding hydrogens is 220 g/mol. The van der Waals surface area contributed by atoms with Crippen molar-refractivity contribution in [1.82, 2.24) is 4.90 Å². The normalized spacial score (nSPS) is 20.5. The van der Waals surface area contributed by atoms with Crippen LogP contribution in [0.5, 0.6) is 0 Å². The van der Waals surface area contributed by atoms with Gasteiger partial charge >= 0.3 is 0 Å². The van der Waals surface area contributed by atoms with Gasteiger partial charge in [-0.15, -0.1) is 0 Å². The summed E-state index contributed by atoms with van der Waals surface area (Å²) < 4.78 is 0. The van der Waals surface area contributed by atoms with E-state index in [9.17, 15) is 0 Å². The van der Waals surface area contributed by atoms with Crippen LogP contribution in [0.4, 0.5) is 0 Å². The van der Waals surface area contributed by atoms with E-state index in [4.69, 9.17) is 5.73 Å². The van der Waals surface area contributed by atoms with Gasteiger partial charge in [-0.3, -0.25) is 4.90 Å². The van der Waals surface area contributed by atoms with E-state index in [0.717, 1.165) is 24.3 Å². The largest absolute Gasteiger partial charge is 0.329 e. The predicted octanol–water partition coefficient (Wildman–Crippen LogP) is 3.51. The van der Waals surface area contributed by atoms with Crippen LogP contribution in [0.1, 0.15) is 60.3 Å². The van der Waals surface area contributed by atoms with Gasteiger partial charge in [0.15, 0.2) is 0 Å². The summed E-state index contributed by atoms with van der Waals surface area (Å²) in [5.74, 6) is 2.37. The lowest BCUT2D eigenvalue weighted by Crippen LogP contribution is -2.55. The van der Waals surface area contributed by atoms with Gasteiger partial charge in [-0.05, 0) is 31.1 Å². The fourth-order valence-electron chi connectivity index (χ4n) is 3.06. The SMILES string of the molecule is CC(C)CN(CC(C)C)C(C)(CN)CC1CCC1. The van der Waals surface area contributed by atoms with Crippen LogP contribution in [0.3, 0.4) is 0 Å². The fraction of sp³-hybridized carbons (Fsp3) is 1.00. The summed E-state index contributed by atoms with van der Waals surface area (Å²) in [5, 5.41) is 0. The second kappa shape index (κ2) is 6.91. The Hall–Kier alpha value is -0.0800. The molecule has 1 saturated carbocycles. The highest BCUT2D eigenvalue weighted by molar-refractivity contribution is 4.92. The van der Waals surface area contributed by atoms with E-state index in [1.807, 2.05) is 0 Å². The van der Waals surface area contributed by atoms with Gasteiger partial charge in [0, 0.05) is 25.2 Å². The maximum Gasteiger partial charge on any atom is 0.0306 e. The quantitative estimate of drug-likeness (QED) is 0.718. The summed E-state index contributed by atoms with van der Waals surface area (Å²) in [6.07, 6.45) is 5.57. The summed E-state index contributed by atoms with van der Waals surface area (Å²) in [4.78, 5) is 2.67. The summed E-state index contributed by atoms with van der Waals surface area (Å²) in [5.41, 5.74) is 6.35. The second-order valence-electron chi connectivity index (χ2n) is 7.39. The highest BCUT2D eigenvalue weighted by Crippen LogP contribution is 2.36. The molecule has 0 spiro atoms. The van der Waals surface area contributed by atoms with Crippen LogP contribution in [-0.4, -0.2) is 30.1 Å². The maximum absolute atomic E-state index is 6.14. The first-order valence-electron chi connectivity index (χ1n) is 7.82. The third kappa shape index (κ3) is 4.55. The lowest BCUT2D eigenvalue weighted by molar-refractivity contribution is 0.0478. The zero-order valence-corrected chi connectivity index (χ0v) is 13.2. The van der Waals surface area contributed by atoms with Crippen molar-refractivity contribution in [3.8, 4) is 0 Å². The van der Waals surface area contributed by atoms with Crippen LogP contribution < -0.4 is 5.73 Å². The van der Waals surface area contributed by atoms with Gasteiger partial charge in [-0.1, -0.05) is 47.0 Å². The minimum atomic E-state index is 0.208. The highest BCUT2D eigenvalue weighted by Gasteiger charge is 2.35. The van der Waals surface area contributed by atoms with Gasteiger partial charge in [0.1, 0.15) is 0 Å². The van der Waals surface area contributed by atoms with Crippen molar-refractivity contribution in [2.45, 2.75) is 65.8 Å². The van der Waals surface area contributed by atoms with Gasteiger partial charge in [0.25, 0.3) is 0 Å². The molecule has 0 aromatic heterocycles. The molecule has 0 saturated heterocycles. The molecule has 1 aliphatic carbocycles. The molecule has 0 aromatic rings. The van der Waals surface area contributed by atoms with Gasteiger partial charge in [0.05, 0.1) is 0 Å². The summed E-state index contributed by atoms with van der Waals surface area (Å²) in [6, 6.07) is 0. The van der Waals surface area contributed by atoms with E-state index < -0.39 is 0 Å². The average molecular weight is 254 g/mol. The molecule has 18 heavy (non-hydrogen) atoms. The number of nitrogens with two attached hydrogens (primary N) is 1. The van der Waals surface area contributed by atoms with E-state index >= 15 is 0 Å². The Morgan fingerprint density at radius 1 is 1.11 bits per heavy atom. The Bertz CT molecular complexity index is 223.